The van der Waals surface area contributed by atoms with Crippen LogP contribution in [0.25, 0.3) is 0 Å². The third-order valence-corrected chi connectivity index (χ3v) is 8.82. The molecule has 3 aromatic rings. The molecular weight excluding hydrogens is 571 g/mol. The third-order valence-electron chi connectivity index (χ3n) is 8.24. The first kappa shape index (κ1) is 29.6. The third kappa shape index (κ3) is 6.30. The van der Waals surface area contributed by atoms with Gasteiger partial charge in [0.2, 0.25) is 17.7 Å². The number of anilines is 2. The first-order valence-corrected chi connectivity index (χ1v) is 14.8. The Balaban J connectivity index is 1.18. The fraction of sp³-hybridized carbons (Fsp3) is 0.333. The molecule has 2 aliphatic heterocycles. The molecule has 0 bridgehead atoms. The number of hydrogen-bond donors (Lipinski definition) is 1. The maximum atomic E-state index is 13.3. The van der Waals surface area contributed by atoms with Crippen molar-refractivity contribution in [3.05, 3.63) is 93.0 Å². The molecule has 42 heavy (non-hydrogen) atoms. The van der Waals surface area contributed by atoms with Crippen molar-refractivity contribution < 1.29 is 14.4 Å². The van der Waals surface area contributed by atoms with E-state index in [1.807, 2.05) is 44.2 Å². The minimum absolute atomic E-state index is 0.0252. The lowest BCUT2D eigenvalue weighted by Crippen LogP contribution is -2.44. The molecule has 0 aliphatic carbocycles. The van der Waals surface area contributed by atoms with Crippen LogP contribution in [0.2, 0.25) is 10.0 Å². The van der Waals surface area contributed by atoms with E-state index in [4.69, 9.17) is 23.2 Å². The zero-order chi connectivity index (χ0) is 30.0. The highest BCUT2D eigenvalue weighted by Crippen LogP contribution is 2.35. The van der Waals surface area contributed by atoms with Crippen molar-refractivity contribution in [3.63, 3.8) is 0 Å². The number of hydrogen-bond acceptors (Lipinski definition) is 4. The number of nitriles is 1. The average Bonchev–Trinajstić information content (AvgIpc) is 3.38. The summed E-state index contributed by atoms with van der Waals surface area (Å²) in [5.41, 5.74) is 4.77. The monoisotopic (exact) mass is 602 g/mol. The van der Waals surface area contributed by atoms with Crippen LogP contribution in [0.15, 0.2) is 60.7 Å². The number of carbonyl (C=O) groups excluding carboxylic acids is 3. The van der Waals surface area contributed by atoms with Crippen LogP contribution in [-0.4, -0.2) is 42.3 Å². The van der Waals surface area contributed by atoms with Gasteiger partial charge in [-0.25, -0.2) is 0 Å². The molecule has 2 fully saturated rings. The molecule has 5 rings (SSSR count). The molecule has 2 unspecified atom stereocenters. The highest BCUT2D eigenvalue weighted by Gasteiger charge is 2.38. The van der Waals surface area contributed by atoms with Gasteiger partial charge in [-0.2, -0.15) is 5.26 Å². The zero-order valence-electron chi connectivity index (χ0n) is 23.6. The number of carbonyl (C=O) groups is 3. The lowest BCUT2D eigenvalue weighted by atomic mass is 9.91. The quantitative estimate of drug-likeness (QED) is 0.348. The summed E-state index contributed by atoms with van der Waals surface area (Å²) in [7, 11) is 0. The number of nitrogens with one attached hydrogen (secondary N) is 1. The van der Waals surface area contributed by atoms with E-state index < -0.39 is 5.92 Å². The van der Waals surface area contributed by atoms with Gasteiger partial charge in [0.15, 0.2) is 0 Å². The molecule has 0 saturated carbocycles. The normalized spacial score (nSPS) is 18.1. The molecule has 3 amide bonds. The molecular formula is C33H32Cl2N4O3. The van der Waals surface area contributed by atoms with Crippen molar-refractivity contribution >= 4 is 52.3 Å². The summed E-state index contributed by atoms with van der Waals surface area (Å²) >= 11 is 12.6. The van der Waals surface area contributed by atoms with Crippen molar-refractivity contribution in [3.8, 4) is 6.07 Å². The summed E-state index contributed by atoms with van der Waals surface area (Å²) < 4.78 is 0. The van der Waals surface area contributed by atoms with Gasteiger partial charge in [0.25, 0.3) is 0 Å². The van der Waals surface area contributed by atoms with Crippen molar-refractivity contribution in [1.82, 2.24) is 4.90 Å². The minimum Gasteiger partial charge on any atom is -0.342 e. The Morgan fingerprint density at radius 2 is 1.64 bits per heavy atom. The summed E-state index contributed by atoms with van der Waals surface area (Å²) in [6, 6.07) is 20.7. The van der Waals surface area contributed by atoms with Gasteiger partial charge in [-0.15, -0.1) is 0 Å². The molecule has 3 aromatic carbocycles. The molecule has 2 aliphatic rings. The van der Waals surface area contributed by atoms with E-state index in [0.29, 0.717) is 53.8 Å². The Hall–Kier alpha value is -3.86. The molecule has 0 radical (unpaired) electrons. The Morgan fingerprint density at radius 3 is 2.29 bits per heavy atom. The highest BCUT2D eigenvalue weighted by atomic mass is 35.5. The van der Waals surface area contributed by atoms with E-state index in [-0.39, 0.29) is 36.0 Å². The van der Waals surface area contributed by atoms with E-state index in [0.717, 1.165) is 22.4 Å². The van der Waals surface area contributed by atoms with Crippen LogP contribution < -0.4 is 10.2 Å². The van der Waals surface area contributed by atoms with Crippen LogP contribution >= 0.6 is 23.2 Å². The smallest absolute Gasteiger partial charge is 0.228 e. The Morgan fingerprint density at radius 1 is 0.976 bits per heavy atom. The van der Waals surface area contributed by atoms with Crippen LogP contribution in [-0.2, 0) is 14.4 Å². The van der Waals surface area contributed by atoms with E-state index in [1.165, 1.54) is 0 Å². The Labute approximate surface area is 256 Å². The molecule has 0 spiro atoms. The van der Waals surface area contributed by atoms with Crippen molar-refractivity contribution in [2.24, 2.45) is 11.8 Å². The number of aryl methyl sites for hydroxylation is 2. The zero-order valence-corrected chi connectivity index (χ0v) is 25.1. The van der Waals surface area contributed by atoms with E-state index in [2.05, 4.69) is 11.4 Å². The largest absolute Gasteiger partial charge is 0.342 e. The van der Waals surface area contributed by atoms with Gasteiger partial charge in [-0.05, 0) is 73.7 Å². The van der Waals surface area contributed by atoms with Crippen molar-refractivity contribution in [1.29, 1.82) is 5.26 Å². The molecule has 9 heteroatoms. The van der Waals surface area contributed by atoms with E-state index in [9.17, 15) is 19.6 Å². The molecule has 216 valence electrons. The average molecular weight is 604 g/mol. The molecule has 2 atom stereocenters. The standard InChI is InChI=1S/C33H32Cl2N4O3/c1-20-3-9-26(10-4-20)39-19-24(16-31(39)40)33(42)38-13-11-23(12-14-38)32(41)37-30-17-29(35)27(15-21(30)2)28(18-36)22-5-7-25(34)8-6-22/h3-10,15,17,23-24,28H,11-14,16,19H2,1-2H3,(H,37,41). The summed E-state index contributed by atoms with van der Waals surface area (Å²) in [5.74, 6) is -1.38. The molecule has 2 heterocycles. The number of halogens is 2. The fourth-order valence-corrected chi connectivity index (χ4v) is 6.14. The summed E-state index contributed by atoms with van der Waals surface area (Å²) in [4.78, 5) is 42.6. The summed E-state index contributed by atoms with van der Waals surface area (Å²) in [5, 5.41) is 13.8. The number of nitrogens with zero attached hydrogens (tertiary/aromatic N) is 3. The topological polar surface area (TPSA) is 93.5 Å². The predicted molar refractivity (Wildman–Crippen MR) is 165 cm³/mol. The van der Waals surface area contributed by atoms with Crippen LogP contribution in [0.3, 0.4) is 0 Å². The lowest BCUT2D eigenvalue weighted by Gasteiger charge is -2.33. The maximum Gasteiger partial charge on any atom is 0.228 e. The maximum absolute atomic E-state index is 13.3. The number of rotatable bonds is 6. The first-order chi connectivity index (χ1) is 20.1. The van der Waals surface area contributed by atoms with Crippen LogP contribution in [0.5, 0.6) is 0 Å². The second-order valence-electron chi connectivity index (χ2n) is 11.1. The summed E-state index contributed by atoms with van der Waals surface area (Å²) in [6.45, 7) is 5.18. The van der Waals surface area contributed by atoms with Gasteiger partial charge in [-0.3, -0.25) is 14.4 Å². The molecule has 7 nitrogen and oxygen atoms in total. The van der Waals surface area contributed by atoms with Crippen LogP contribution in [0.1, 0.15) is 47.4 Å². The summed E-state index contributed by atoms with van der Waals surface area (Å²) in [6.07, 6.45) is 1.28. The van der Waals surface area contributed by atoms with Gasteiger partial charge >= 0.3 is 0 Å². The minimum atomic E-state index is -0.570. The van der Waals surface area contributed by atoms with Gasteiger partial charge in [0.1, 0.15) is 0 Å². The number of likely N-dealkylation sites (tertiary alicyclic amines) is 1. The second-order valence-corrected chi connectivity index (χ2v) is 12.0. The predicted octanol–water partition coefficient (Wildman–Crippen LogP) is 6.50. The second kappa shape index (κ2) is 12.6. The van der Waals surface area contributed by atoms with Gasteiger partial charge in [0, 0.05) is 53.4 Å². The fourth-order valence-electron chi connectivity index (χ4n) is 5.74. The van der Waals surface area contributed by atoms with Gasteiger partial charge in [0.05, 0.1) is 17.9 Å². The van der Waals surface area contributed by atoms with Gasteiger partial charge in [-0.1, -0.05) is 59.1 Å². The van der Waals surface area contributed by atoms with Gasteiger partial charge < -0.3 is 15.1 Å². The van der Waals surface area contributed by atoms with E-state index in [1.54, 1.807) is 40.1 Å². The number of amides is 3. The Bertz CT molecular complexity index is 1540. The van der Waals surface area contributed by atoms with Crippen molar-refractivity contribution in [2.45, 2.75) is 39.0 Å². The molecule has 1 N–H and O–H groups in total. The van der Waals surface area contributed by atoms with Crippen LogP contribution in [0, 0.1) is 37.0 Å². The van der Waals surface area contributed by atoms with E-state index >= 15 is 0 Å². The van der Waals surface area contributed by atoms with Crippen molar-refractivity contribution in [2.75, 3.05) is 29.9 Å². The highest BCUT2D eigenvalue weighted by molar-refractivity contribution is 6.32. The molecule has 2 saturated heterocycles. The SMILES string of the molecule is Cc1ccc(N2CC(C(=O)N3CCC(C(=O)Nc4cc(Cl)c(C(C#N)c5ccc(Cl)cc5)cc4C)CC3)CC2=O)cc1. The van der Waals surface area contributed by atoms with Crippen LogP contribution in [0.4, 0.5) is 11.4 Å². The number of piperidine rings is 1. The molecule has 0 aromatic heterocycles. The lowest BCUT2D eigenvalue weighted by molar-refractivity contribution is -0.138. The first-order valence-electron chi connectivity index (χ1n) is 14.1. The Kier molecular flexibility index (Phi) is 8.86. The number of benzene rings is 3.